The van der Waals surface area contributed by atoms with E-state index in [9.17, 15) is 14.4 Å². The topological polar surface area (TPSA) is 78.9 Å². The summed E-state index contributed by atoms with van der Waals surface area (Å²) in [5.74, 6) is -0.901. The van der Waals surface area contributed by atoms with Crippen LogP contribution in [0.2, 0.25) is 0 Å². The summed E-state index contributed by atoms with van der Waals surface area (Å²) < 4.78 is 16.5. The van der Waals surface area contributed by atoms with Gasteiger partial charge >= 0.3 is 17.9 Å². The van der Waals surface area contributed by atoms with Gasteiger partial charge in [-0.05, 0) is 51.4 Å². The minimum Gasteiger partial charge on any atom is -0.462 e. The summed E-state index contributed by atoms with van der Waals surface area (Å²) in [6.45, 7) is 6.47. The van der Waals surface area contributed by atoms with Crippen molar-refractivity contribution < 1.29 is 28.6 Å². The molecule has 0 saturated carbocycles. The van der Waals surface area contributed by atoms with Crippen LogP contribution in [0.5, 0.6) is 0 Å². The van der Waals surface area contributed by atoms with E-state index in [-0.39, 0.29) is 31.1 Å². The van der Waals surface area contributed by atoms with Gasteiger partial charge in [-0.1, -0.05) is 161 Å². The van der Waals surface area contributed by atoms with Crippen LogP contribution in [-0.2, 0) is 28.6 Å². The molecular formula is C42H76O6. The van der Waals surface area contributed by atoms with Gasteiger partial charge in [0.25, 0.3) is 0 Å². The molecule has 0 bridgehead atoms. The number of hydrogen-bond donors (Lipinski definition) is 0. The van der Waals surface area contributed by atoms with Crippen molar-refractivity contribution in [2.24, 2.45) is 0 Å². The van der Waals surface area contributed by atoms with E-state index >= 15 is 0 Å². The highest BCUT2D eigenvalue weighted by Crippen LogP contribution is 2.13. The van der Waals surface area contributed by atoms with E-state index in [1.807, 2.05) is 0 Å². The van der Waals surface area contributed by atoms with Crippen molar-refractivity contribution in [2.75, 3.05) is 13.2 Å². The summed E-state index contributed by atoms with van der Waals surface area (Å²) in [6, 6.07) is 0. The molecule has 48 heavy (non-hydrogen) atoms. The summed E-state index contributed by atoms with van der Waals surface area (Å²) in [7, 11) is 0. The Bertz CT molecular complexity index is 789. The monoisotopic (exact) mass is 677 g/mol. The summed E-state index contributed by atoms with van der Waals surface area (Å²) in [5.41, 5.74) is 0. The van der Waals surface area contributed by atoms with Crippen molar-refractivity contribution in [3.8, 4) is 0 Å². The number of unbranched alkanes of at least 4 members (excludes halogenated alkanes) is 21. The highest BCUT2D eigenvalue weighted by atomic mass is 16.6. The van der Waals surface area contributed by atoms with Gasteiger partial charge in [0.1, 0.15) is 13.2 Å². The second kappa shape index (κ2) is 37.7. The Morgan fingerprint density at radius 1 is 0.417 bits per heavy atom. The Balaban J connectivity index is 4.19. The fourth-order valence-corrected chi connectivity index (χ4v) is 5.59. The van der Waals surface area contributed by atoms with Crippen LogP contribution in [-0.4, -0.2) is 37.2 Å². The maximum absolute atomic E-state index is 12.5. The Hall–Kier alpha value is -2.11. The standard InChI is InChI=1S/C42H76O6/c1-4-7-10-13-15-17-18-19-20-21-22-23-24-25-27-29-32-35-41(44)47-38-39(37-46-40(43)34-31-28-12-9-6-3)48-42(45)36-33-30-26-16-14-11-8-5-2/h15,17,19-20,39H,4-14,16,18,21-38H2,1-3H3/b17-15-,20-19-. The number of hydrogen-bond acceptors (Lipinski definition) is 6. The molecule has 0 aliphatic heterocycles. The zero-order valence-electron chi connectivity index (χ0n) is 31.8. The SMILES string of the molecule is CCCCC/C=C\C/C=C\CCCCCCCCCC(=O)OCC(COC(=O)CCCCCCC)OC(=O)CCCCCCCCCC. The molecule has 280 valence electrons. The normalized spacial score (nSPS) is 12.1. The number of ether oxygens (including phenoxy) is 3. The Morgan fingerprint density at radius 2 is 0.750 bits per heavy atom. The third kappa shape index (κ3) is 35.2. The molecule has 0 amide bonds. The van der Waals surface area contributed by atoms with Crippen LogP contribution < -0.4 is 0 Å². The van der Waals surface area contributed by atoms with Crippen molar-refractivity contribution >= 4 is 17.9 Å². The molecule has 0 radical (unpaired) electrons. The van der Waals surface area contributed by atoms with E-state index < -0.39 is 6.10 Å². The predicted molar refractivity (Wildman–Crippen MR) is 201 cm³/mol. The van der Waals surface area contributed by atoms with E-state index in [0.717, 1.165) is 77.0 Å². The van der Waals surface area contributed by atoms with Crippen molar-refractivity contribution in [1.29, 1.82) is 0 Å². The molecule has 0 aromatic carbocycles. The minimum atomic E-state index is -0.763. The maximum atomic E-state index is 12.5. The van der Waals surface area contributed by atoms with E-state index in [1.54, 1.807) is 0 Å². The van der Waals surface area contributed by atoms with Crippen LogP contribution in [0.25, 0.3) is 0 Å². The Morgan fingerprint density at radius 3 is 1.19 bits per heavy atom. The van der Waals surface area contributed by atoms with E-state index in [0.29, 0.717) is 19.3 Å². The molecule has 0 N–H and O–H groups in total. The second-order valence-electron chi connectivity index (χ2n) is 13.6. The van der Waals surface area contributed by atoms with Gasteiger partial charge in [-0.15, -0.1) is 0 Å². The minimum absolute atomic E-state index is 0.0732. The fraction of sp³-hybridized carbons (Fsp3) is 0.833. The number of carbonyl (C=O) groups is 3. The summed E-state index contributed by atoms with van der Waals surface area (Å²) in [5, 5.41) is 0. The molecule has 0 spiro atoms. The quantitative estimate of drug-likeness (QED) is 0.0284. The van der Waals surface area contributed by atoms with Crippen molar-refractivity contribution in [3.05, 3.63) is 24.3 Å². The number of esters is 3. The largest absolute Gasteiger partial charge is 0.462 e. The van der Waals surface area contributed by atoms with Gasteiger partial charge in [0.05, 0.1) is 0 Å². The fourth-order valence-electron chi connectivity index (χ4n) is 5.59. The molecule has 6 heteroatoms. The first-order valence-electron chi connectivity index (χ1n) is 20.3. The van der Waals surface area contributed by atoms with Crippen LogP contribution >= 0.6 is 0 Å². The van der Waals surface area contributed by atoms with E-state index in [1.165, 1.54) is 89.9 Å². The zero-order chi connectivity index (χ0) is 35.2. The number of rotatable bonds is 36. The summed E-state index contributed by atoms with van der Waals surface area (Å²) >= 11 is 0. The smallest absolute Gasteiger partial charge is 0.306 e. The van der Waals surface area contributed by atoms with Gasteiger partial charge in [-0.2, -0.15) is 0 Å². The molecule has 6 nitrogen and oxygen atoms in total. The van der Waals surface area contributed by atoms with Gasteiger partial charge < -0.3 is 14.2 Å². The average molecular weight is 677 g/mol. The molecule has 0 saturated heterocycles. The van der Waals surface area contributed by atoms with Gasteiger partial charge in [0.15, 0.2) is 6.10 Å². The molecule has 0 aromatic heterocycles. The molecule has 0 aromatic rings. The van der Waals surface area contributed by atoms with Crippen LogP contribution in [0, 0.1) is 0 Å². The first kappa shape index (κ1) is 45.9. The summed E-state index contributed by atoms with van der Waals surface area (Å²) in [6.07, 6.45) is 39.1. The highest BCUT2D eigenvalue weighted by molar-refractivity contribution is 5.71. The molecule has 0 heterocycles. The van der Waals surface area contributed by atoms with Crippen LogP contribution in [0.4, 0.5) is 0 Å². The van der Waals surface area contributed by atoms with E-state index in [4.69, 9.17) is 14.2 Å². The first-order valence-corrected chi connectivity index (χ1v) is 20.3. The van der Waals surface area contributed by atoms with Gasteiger partial charge in [0, 0.05) is 19.3 Å². The van der Waals surface area contributed by atoms with Gasteiger partial charge in [0.2, 0.25) is 0 Å². The predicted octanol–water partition coefficient (Wildman–Crippen LogP) is 12.5. The number of carbonyl (C=O) groups excluding carboxylic acids is 3. The third-order valence-electron chi connectivity index (χ3n) is 8.71. The molecule has 0 fully saturated rings. The van der Waals surface area contributed by atoms with Gasteiger partial charge in [-0.3, -0.25) is 14.4 Å². The second-order valence-corrected chi connectivity index (χ2v) is 13.6. The summed E-state index contributed by atoms with van der Waals surface area (Å²) in [4.78, 5) is 37.2. The van der Waals surface area contributed by atoms with Crippen molar-refractivity contribution in [1.82, 2.24) is 0 Å². The zero-order valence-corrected chi connectivity index (χ0v) is 31.8. The van der Waals surface area contributed by atoms with Gasteiger partial charge in [-0.25, -0.2) is 0 Å². The lowest BCUT2D eigenvalue weighted by Gasteiger charge is -2.18. The lowest BCUT2D eigenvalue weighted by Crippen LogP contribution is -2.30. The third-order valence-corrected chi connectivity index (χ3v) is 8.71. The molecule has 1 unspecified atom stereocenters. The van der Waals surface area contributed by atoms with Crippen molar-refractivity contribution in [2.45, 2.75) is 213 Å². The molecule has 0 aliphatic rings. The highest BCUT2D eigenvalue weighted by Gasteiger charge is 2.19. The maximum Gasteiger partial charge on any atom is 0.306 e. The van der Waals surface area contributed by atoms with Crippen LogP contribution in [0.3, 0.4) is 0 Å². The lowest BCUT2D eigenvalue weighted by molar-refractivity contribution is -0.167. The average Bonchev–Trinajstić information content (AvgIpc) is 3.08. The van der Waals surface area contributed by atoms with Crippen molar-refractivity contribution in [3.63, 3.8) is 0 Å². The Labute approximate surface area is 296 Å². The van der Waals surface area contributed by atoms with Crippen LogP contribution in [0.1, 0.15) is 207 Å². The van der Waals surface area contributed by atoms with Crippen LogP contribution in [0.15, 0.2) is 24.3 Å². The molecular weight excluding hydrogens is 600 g/mol. The Kier molecular flexibility index (Phi) is 36.0. The molecule has 0 aliphatic carbocycles. The lowest BCUT2D eigenvalue weighted by atomic mass is 10.1. The van der Waals surface area contributed by atoms with E-state index in [2.05, 4.69) is 45.1 Å². The first-order chi connectivity index (χ1) is 23.5. The number of allylic oxidation sites excluding steroid dienone is 4. The molecule has 1 atom stereocenters. The molecule has 0 rings (SSSR count).